The third kappa shape index (κ3) is 4.26. The lowest BCUT2D eigenvalue weighted by atomic mass is 9.90. The average molecular weight is 358 g/mol. The van der Waals surface area contributed by atoms with Gasteiger partial charge in [0.1, 0.15) is 18.1 Å². The molecule has 0 amide bonds. The lowest BCUT2D eigenvalue weighted by Gasteiger charge is -2.20. The molecular formula is C20H22O6. The smallest absolute Gasteiger partial charge is 0.338 e. The van der Waals surface area contributed by atoms with Crippen molar-refractivity contribution in [3.8, 4) is 0 Å². The molecule has 0 aromatic rings. The van der Waals surface area contributed by atoms with Crippen molar-refractivity contribution in [1.29, 1.82) is 0 Å². The first-order chi connectivity index (χ1) is 12.4. The molecule has 0 bridgehead atoms. The van der Waals surface area contributed by atoms with Crippen LogP contribution in [0.2, 0.25) is 0 Å². The molecule has 0 unspecified atom stereocenters. The average Bonchev–Trinajstić information content (AvgIpc) is 2.91. The predicted molar refractivity (Wildman–Crippen MR) is 94.7 cm³/mol. The molecule has 6 heteroatoms. The van der Waals surface area contributed by atoms with Crippen LogP contribution in [0.5, 0.6) is 0 Å². The highest BCUT2D eigenvalue weighted by atomic mass is 16.6. The van der Waals surface area contributed by atoms with E-state index < -0.39 is 24.0 Å². The van der Waals surface area contributed by atoms with Crippen LogP contribution in [0.15, 0.2) is 58.9 Å². The van der Waals surface area contributed by atoms with Crippen LogP contribution in [0.1, 0.15) is 26.7 Å². The maximum atomic E-state index is 12.2. The summed E-state index contributed by atoms with van der Waals surface area (Å²) in [7, 11) is 0. The Morgan fingerprint density at radius 3 is 2.85 bits per heavy atom. The van der Waals surface area contributed by atoms with Crippen LogP contribution in [-0.2, 0) is 23.9 Å². The molecule has 1 fully saturated rings. The van der Waals surface area contributed by atoms with E-state index in [1.807, 2.05) is 0 Å². The van der Waals surface area contributed by atoms with Crippen molar-refractivity contribution in [1.82, 2.24) is 0 Å². The fourth-order valence-electron chi connectivity index (χ4n) is 2.72. The van der Waals surface area contributed by atoms with E-state index in [9.17, 15) is 19.5 Å². The number of hydrogen-bond acceptors (Lipinski definition) is 6. The van der Waals surface area contributed by atoms with Gasteiger partial charge in [-0.25, -0.2) is 9.59 Å². The topological polar surface area (TPSA) is 89.9 Å². The van der Waals surface area contributed by atoms with Gasteiger partial charge in [-0.15, -0.1) is 0 Å². The fourth-order valence-corrected chi connectivity index (χ4v) is 2.72. The van der Waals surface area contributed by atoms with Crippen LogP contribution in [0.4, 0.5) is 0 Å². The van der Waals surface area contributed by atoms with Gasteiger partial charge in [-0.3, -0.25) is 4.79 Å². The number of allylic oxidation sites excluding steroid dienone is 4. The first-order valence-electron chi connectivity index (χ1n) is 8.33. The predicted octanol–water partition coefficient (Wildman–Crippen LogP) is 2.32. The molecular weight excluding hydrogens is 336 g/mol. The van der Waals surface area contributed by atoms with Crippen molar-refractivity contribution in [2.45, 2.75) is 32.8 Å². The Labute approximate surface area is 152 Å². The van der Waals surface area contributed by atoms with E-state index in [0.717, 1.165) is 0 Å². The molecule has 0 spiro atoms. The Kier molecular flexibility index (Phi) is 6.46. The minimum atomic E-state index is -0.756. The highest BCUT2D eigenvalue weighted by molar-refractivity contribution is 5.93. The van der Waals surface area contributed by atoms with Crippen LogP contribution in [0.3, 0.4) is 0 Å². The number of aliphatic hydroxyl groups excluding tert-OH is 1. The van der Waals surface area contributed by atoms with Gasteiger partial charge >= 0.3 is 11.9 Å². The zero-order chi connectivity index (χ0) is 19.3. The summed E-state index contributed by atoms with van der Waals surface area (Å²) in [6.07, 6.45) is 7.31. The van der Waals surface area contributed by atoms with Gasteiger partial charge in [0.2, 0.25) is 0 Å². The van der Waals surface area contributed by atoms with Crippen LogP contribution in [0.25, 0.3) is 0 Å². The van der Waals surface area contributed by atoms with Crippen molar-refractivity contribution >= 4 is 18.2 Å². The second-order valence-electron chi connectivity index (χ2n) is 6.12. The summed E-state index contributed by atoms with van der Waals surface area (Å²) < 4.78 is 10.8. The van der Waals surface area contributed by atoms with Gasteiger partial charge in [0, 0.05) is 16.7 Å². The monoisotopic (exact) mass is 358 g/mol. The highest BCUT2D eigenvalue weighted by Crippen LogP contribution is 2.36. The molecule has 0 aromatic heterocycles. The number of rotatable bonds is 4. The fraction of sp³-hybridized carbons (Fsp3) is 0.350. The van der Waals surface area contributed by atoms with Crippen LogP contribution < -0.4 is 0 Å². The Morgan fingerprint density at radius 2 is 2.23 bits per heavy atom. The standard InChI is InChI=1S/C20H22O6/c1-4-12(2)19(23)25-16-8-14(10-21)6-5-7-15(11-22)9-17-18(16)13(3)20(24)26-17/h4,6,8-10,17-18,22H,3,5,7,11H2,1-2H3/b12-4-,14-6+,15-9+,16-8+/t17-,18-/m1/s1. The first kappa shape index (κ1) is 19.6. The molecule has 2 aliphatic rings. The van der Waals surface area contributed by atoms with Crippen LogP contribution >= 0.6 is 0 Å². The van der Waals surface area contributed by atoms with E-state index in [4.69, 9.17) is 9.47 Å². The molecule has 1 aliphatic heterocycles. The van der Waals surface area contributed by atoms with Gasteiger partial charge in [0.05, 0.1) is 12.5 Å². The molecule has 26 heavy (non-hydrogen) atoms. The number of carbonyl (C=O) groups excluding carboxylic acids is 3. The first-order valence-corrected chi connectivity index (χ1v) is 8.33. The molecule has 2 atom stereocenters. The molecule has 0 saturated carbocycles. The summed E-state index contributed by atoms with van der Waals surface area (Å²) in [5.41, 5.74) is 1.50. The number of ether oxygens (including phenoxy) is 2. The van der Waals surface area contributed by atoms with Crippen LogP contribution in [0, 0.1) is 5.92 Å². The summed E-state index contributed by atoms with van der Waals surface area (Å²) in [6, 6.07) is 0. The number of fused-ring (bicyclic) bond motifs is 1. The summed E-state index contributed by atoms with van der Waals surface area (Å²) >= 11 is 0. The summed E-state index contributed by atoms with van der Waals surface area (Å²) in [6.45, 7) is 6.86. The Balaban J connectivity index is 2.55. The SMILES string of the molecule is C=C1C(=O)O[C@@H]2/C=C(/CO)CC/C=C(C=O)\C=C(\OC(=O)/C(C)=C\C)[C@@H]12. The summed E-state index contributed by atoms with van der Waals surface area (Å²) in [5.74, 6) is -1.82. The van der Waals surface area contributed by atoms with Gasteiger partial charge < -0.3 is 14.6 Å². The quantitative estimate of drug-likeness (QED) is 0.359. The van der Waals surface area contributed by atoms with E-state index in [2.05, 4.69) is 6.58 Å². The molecule has 1 N–H and O–H groups in total. The minimum absolute atomic E-state index is 0.117. The third-order valence-corrected chi connectivity index (χ3v) is 4.37. The van der Waals surface area contributed by atoms with Crippen molar-refractivity contribution in [2.24, 2.45) is 5.92 Å². The van der Waals surface area contributed by atoms with E-state index in [1.54, 1.807) is 32.1 Å². The second-order valence-corrected chi connectivity index (χ2v) is 6.12. The van der Waals surface area contributed by atoms with Gasteiger partial charge in [0.15, 0.2) is 0 Å². The highest BCUT2D eigenvalue weighted by Gasteiger charge is 2.42. The maximum absolute atomic E-state index is 12.2. The largest absolute Gasteiger partial charge is 0.454 e. The number of carbonyl (C=O) groups is 3. The van der Waals surface area contributed by atoms with Gasteiger partial charge in [-0.05, 0) is 44.4 Å². The number of aliphatic hydroxyl groups is 1. The van der Waals surface area contributed by atoms with Crippen molar-refractivity contribution < 1.29 is 29.0 Å². The van der Waals surface area contributed by atoms with Crippen molar-refractivity contribution in [2.75, 3.05) is 6.61 Å². The number of aldehydes is 1. The van der Waals surface area contributed by atoms with Crippen molar-refractivity contribution in [3.63, 3.8) is 0 Å². The molecule has 138 valence electrons. The van der Waals surface area contributed by atoms with Crippen LogP contribution in [-0.4, -0.2) is 36.0 Å². The molecule has 2 rings (SSSR count). The molecule has 6 nitrogen and oxygen atoms in total. The lowest BCUT2D eigenvalue weighted by Crippen LogP contribution is -2.22. The Hall–Kier alpha value is -2.73. The number of esters is 2. The molecule has 1 saturated heterocycles. The second kappa shape index (κ2) is 8.58. The molecule has 0 radical (unpaired) electrons. The minimum Gasteiger partial charge on any atom is -0.454 e. The lowest BCUT2D eigenvalue weighted by molar-refractivity contribution is -0.137. The van der Waals surface area contributed by atoms with E-state index >= 15 is 0 Å². The van der Waals surface area contributed by atoms with Crippen molar-refractivity contribution in [3.05, 3.63) is 58.9 Å². The zero-order valence-corrected chi connectivity index (χ0v) is 14.9. The van der Waals surface area contributed by atoms with Gasteiger partial charge in [0.25, 0.3) is 0 Å². The normalized spacial score (nSPS) is 30.0. The molecule has 1 heterocycles. The van der Waals surface area contributed by atoms with Gasteiger partial charge in [-0.2, -0.15) is 0 Å². The van der Waals surface area contributed by atoms with Gasteiger partial charge in [-0.1, -0.05) is 18.7 Å². The Morgan fingerprint density at radius 1 is 1.50 bits per heavy atom. The third-order valence-electron chi connectivity index (χ3n) is 4.37. The summed E-state index contributed by atoms with van der Waals surface area (Å²) in [5, 5.41) is 9.53. The maximum Gasteiger partial charge on any atom is 0.338 e. The number of hydrogen-bond donors (Lipinski definition) is 1. The summed E-state index contributed by atoms with van der Waals surface area (Å²) in [4.78, 5) is 35.6. The van der Waals surface area contributed by atoms with E-state index in [-0.39, 0.29) is 17.9 Å². The molecule has 0 aromatic carbocycles. The molecule has 1 aliphatic carbocycles. The zero-order valence-electron chi connectivity index (χ0n) is 14.9. The van der Waals surface area contributed by atoms with E-state index in [0.29, 0.717) is 35.8 Å². The Bertz CT molecular complexity index is 750. The van der Waals surface area contributed by atoms with E-state index in [1.165, 1.54) is 6.08 Å².